The highest BCUT2D eigenvalue weighted by atomic mass is 16.6. The van der Waals surface area contributed by atoms with E-state index in [4.69, 9.17) is 0 Å². The van der Waals surface area contributed by atoms with Gasteiger partial charge in [-0.1, -0.05) is 11.6 Å². The quantitative estimate of drug-likeness (QED) is 0.399. The molecule has 0 bridgehead atoms. The summed E-state index contributed by atoms with van der Waals surface area (Å²) < 4.78 is 0. The molecule has 0 atom stereocenters. The van der Waals surface area contributed by atoms with E-state index < -0.39 is 10.8 Å². The molecule has 2 aromatic rings. The smallest absolute Gasteiger partial charge is 0.269 e. The molecule has 1 aliphatic heterocycles. The zero-order valence-electron chi connectivity index (χ0n) is 12.2. The Balaban J connectivity index is 2.00. The van der Waals surface area contributed by atoms with Crippen LogP contribution in [0, 0.1) is 17.0 Å². The Hall–Kier alpha value is -3.28. The van der Waals surface area contributed by atoms with Gasteiger partial charge in [-0.25, -0.2) is 0 Å². The lowest BCUT2D eigenvalue weighted by Gasteiger charge is -2.18. The minimum atomic E-state index is -0.506. The fraction of sp³-hybridized carbons (Fsp3) is 0.0588. The second-order valence-corrected chi connectivity index (χ2v) is 5.24. The number of nitro benzene ring substituents is 1. The molecule has 0 saturated carbocycles. The number of carbonyl (C=O) groups is 2. The number of hydrogen-bond acceptors (Lipinski definition) is 4. The minimum absolute atomic E-state index is 0.0111. The normalized spacial score (nSPS) is 15.3. The van der Waals surface area contributed by atoms with Crippen molar-refractivity contribution in [2.75, 3.05) is 5.32 Å². The maximum atomic E-state index is 12.5. The Bertz CT molecular complexity index is 867. The first-order valence-electron chi connectivity index (χ1n) is 6.88. The number of aryl methyl sites for hydroxylation is 1. The predicted octanol–water partition coefficient (Wildman–Crippen LogP) is 3.12. The number of nitro groups is 1. The molecule has 2 aromatic carbocycles. The molecule has 0 saturated heterocycles. The van der Waals surface area contributed by atoms with Crippen LogP contribution in [0.15, 0.2) is 48.0 Å². The molecule has 1 N–H and O–H groups in total. The van der Waals surface area contributed by atoms with Crippen molar-refractivity contribution >= 4 is 29.1 Å². The second-order valence-electron chi connectivity index (χ2n) is 5.24. The third-order valence-electron chi connectivity index (χ3n) is 3.57. The molecule has 0 spiro atoms. The maximum Gasteiger partial charge on any atom is 0.269 e. The third-order valence-corrected chi connectivity index (χ3v) is 3.57. The van der Waals surface area contributed by atoms with Crippen LogP contribution >= 0.6 is 0 Å². The van der Waals surface area contributed by atoms with Gasteiger partial charge in [-0.05, 0) is 42.8 Å². The number of anilines is 1. The number of fused-ring (bicyclic) bond motifs is 1. The first kappa shape index (κ1) is 14.6. The average molecular weight is 308 g/mol. The van der Waals surface area contributed by atoms with Gasteiger partial charge in [0.05, 0.1) is 16.2 Å². The Labute approximate surface area is 131 Å². The van der Waals surface area contributed by atoms with E-state index in [9.17, 15) is 19.7 Å². The standard InChI is InChI=1S/C17H12N2O4/c1-10-2-7-15-13(8-10)16(20)14(17(21)18-15)9-11-3-5-12(6-4-11)19(22)23/h2-9H,1H3,(H,18,21)/b14-9-. The van der Waals surface area contributed by atoms with Crippen LogP contribution < -0.4 is 5.32 Å². The average Bonchev–Trinajstić information content (AvgIpc) is 2.53. The van der Waals surface area contributed by atoms with E-state index >= 15 is 0 Å². The number of nitrogens with zero attached hydrogens (tertiary/aromatic N) is 1. The van der Waals surface area contributed by atoms with E-state index in [1.807, 2.05) is 13.0 Å². The minimum Gasteiger partial charge on any atom is -0.321 e. The van der Waals surface area contributed by atoms with Gasteiger partial charge in [0.15, 0.2) is 0 Å². The molecule has 0 fully saturated rings. The summed E-state index contributed by atoms with van der Waals surface area (Å²) in [7, 11) is 0. The molecule has 0 aliphatic carbocycles. The maximum absolute atomic E-state index is 12.5. The number of amides is 1. The van der Waals surface area contributed by atoms with Gasteiger partial charge in [0.2, 0.25) is 5.78 Å². The Morgan fingerprint density at radius 3 is 2.43 bits per heavy atom. The van der Waals surface area contributed by atoms with E-state index in [-0.39, 0.29) is 17.0 Å². The van der Waals surface area contributed by atoms with Gasteiger partial charge in [-0.2, -0.15) is 0 Å². The van der Waals surface area contributed by atoms with E-state index in [2.05, 4.69) is 5.32 Å². The monoisotopic (exact) mass is 308 g/mol. The molecule has 1 heterocycles. The number of nitrogens with one attached hydrogen (secondary N) is 1. The van der Waals surface area contributed by atoms with Gasteiger partial charge in [0, 0.05) is 17.7 Å². The molecule has 6 nitrogen and oxygen atoms in total. The van der Waals surface area contributed by atoms with Crippen LogP contribution in [0.3, 0.4) is 0 Å². The highest BCUT2D eigenvalue weighted by molar-refractivity contribution is 6.36. The fourth-order valence-electron chi connectivity index (χ4n) is 2.38. The summed E-state index contributed by atoms with van der Waals surface area (Å²) in [5, 5.41) is 13.3. The topological polar surface area (TPSA) is 89.3 Å². The van der Waals surface area contributed by atoms with Crippen molar-refractivity contribution in [1.82, 2.24) is 0 Å². The van der Waals surface area contributed by atoms with Gasteiger partial charge in [-0.15, -0.1) is 0 Å². The molecule has 1 amide bonds. The lowest BCUT2D eigenvalue weighted by atomic mass is 9.94. The molecule has 114 valence electrons. The Morgan fingerprint density at radius 2 is 1.78 bits per heavy atom. The molecule has 0 radical (unpaired) electrons. The SMILES string of the molecule is Cc1ccc2c(c1)C(=O)/C(=C/c1ccc([N+](=O)[O-])cc1)C(=O)N2. The summed E-state index contributed by atoms with van der Waals surface area (Å²) in [5.74, 6) is -0.837. The highest BCUT2D eigenvalue weighted by Gasteiger charge is 2.28. The summed E-state index contributed by atoms with van der Waals surface area (Å²) in [4.78, 5) is 34.8. The highest BCUT2D eigenvalue weighted by Crippen LogP contribution is 2.27. The van der Waals surface area contributed by atoms with Gasteiger partial charge in [0.25, 0.3) is 11.6 Å². The van der Waals surface area contributed by atoms with Crippen LogP contribution in [0.4, 0.5) is 11.4 Å². The molecule has 23 heavy (non-hydrogen) atoms. The summed E-state index contributed by atoms with van der Waals surface area (Å²) in [6, 6.07) is 10.9. The number of carbonyl (C=O) groups excluding carboxylic acids is 2. The number of hydrogen-bond donors (Lipinski definition) is 1. The zero-order valence-corrected chi connectivity index (χ0v) is 12.2. The molecule has 1 aliphatic rings. The molecule has 0 aromatic heterocycles. The van der Waals surface area contributed by atoms with Gasteiger partial charge < -0.3 is 5.32 Å². The van der Waals surface area contributed by atoms with Crippen molar-refractivity contribution in [3.8, 4) is 0 Å². The van der Waals surface area contributed by atoms with Gasteiger partial charge >= 0.3 is 0 Å². The summed E-state index contributed by atoms with van der Waals surface area (Å²) >= 11 is 0. The van der Waals surface area contributed by atoms with Crippen LogP contribution in [0.5, 0.6) is 0 Å². The number of non-ortho nitro benzene ring substituents is 1. The summed E-state index contributed by atoms with van der Waals surface area (Å²) in [6.07, 6.45) is 1.44. The molecule has 3 rings (SSSR count). The van der Waals surface area contributed by atoms with Crippen LogP contribution in [0.2, 0.25) is 0 Å². The van der Waals surface area contributed by atoms with Crippen molar-refractivity contribution in [2.45, 2.75) is 6.92 Å². The van der Waals surface area contributed by atoms with Crippen molar-refractivity contribution in [2.24, 2.45) is 0 Å². The van der Waals surface area contributed by atoms with E-state index in [0.717, 1.165) is 5.56 Å². The van der Waals surface area contributed by atoms with Crippen LogP contribution in [0.25, 0.3) is 6.08 Å². The largest absolute Gasteiger partial charge is 0.321 e. The third kappa shape index (κ3) is 2.74. The molecular formula is C17H12N2O4. The van der Waals surface area contributed by atoms with Crippen LogP contribution in [0.1, 0.15) is 21.5 Å². The van der Waals surface area contributed by atoms with Gasteiger partial charge in [0.1, 0.15) is 0 Å². The lowest BCUT2D eigenvalue weighted by Crippen LogP contribution is -2.27. The van der Waals surface area contributed by atoms with Crippen LogP contribution in [-0.2, 0) is 4.79 Å². The van der Waals surface area contributed by atoms with E-state index in [1.54, 1.807) is 12.1 Å². The number of benzene rings is 2. The number of Topliss-reactive ketones (excluding diaryl/α,β-unsaturated/α-hetero) is 1. The molecular weight excluding hydrogens is 296 g/mol. The van der Waals surface area contributed by atoms with E-state index in [1.165, 1.54) is 30.3 Å². The fourth-order valence-corrected chi connectivity index (χ4v) is 2.38. The number of rotatable bonds is 2. The van der Waals surface area contributed by atoms with Crippen molar-refractivity contribution in [3.05, 3.63) is 74.8 Å². The first-order valence-corrected chi connectivity index (χ1v) is 6.88. The molecule has 0 unspecified atom stereocenters. The van der Waals surface area contributed by atoms with Crippen LogP contribution in [-0.4, -0.2) is 16.6 Å². The van der Waals surface area contributed by atoms with Crippen molar-refractivity contribution in [3.63, 3.8) is 0 Å². The van der Waals surface area contributed by atoms with Crippen molar-refractivity contribution < 1.29 is 14.5 Å². The van der Waals surface area contributed by atoms with Crippen molar-refractivity contribution in [1.29, 1.82) is 0 Å². The Morgan fingerprint density at radius 1 is 1.09 bits per heavy atom. The first-order chi connectivity index (χ1) is 11.0. The summed E-state index contributed by atoms with van der Waals surface area (Å²) in [5.41, 5.74) is 2.36. The van der Waals surface area contributed by atoms with Gasteiger partial charge in [-0.3, -0.25) is 19.7 Å². The summed E-state index contributed by atoms with van der Waals surface area (Å²) in [6.45, 7) is 1.86. The zero-order chi connectivity index (χ0) is 16.6. The molecule has 6 heteroatoms. The predicted molar refractivity (Wildman–Crippen MR) is 85.2 cm³/mol. The lowest BCUT2D eigenvalue weighted by molar-refractivity contribution is -0.384. The van der Waals surface area contributed by atoms with E-state index in [0.29, 0.717) is 16.8 Å². The Kier molecular flexibility index (Phi) is 3.50. The second kappa shape index (κ2) is 5.49. The number of ketones is 1.